The molecule has 2 atom stereocenters. The molecule has 112 valence electrons. The van der Waals surface area contributed by atoms with Gasteiger partial charge in [-0.15, -0.1) is 0 Å². The highest BCUT2D eigenvalue weighted by atomic mass is 79.9. The van der Waals surface area contributed by atoms with Gasteiger partial charge in [-0.1, -0.05) is 31.9 Å². The molecule has 5 nitrogen and oxygen atoms in total. The van der Waals surface area contributed by atoms with E-state index in [4.69, 9.17) is 18.9 Å². The maximum Gasteiger partial charge on any atom is 0.320 e. The summed E-state index contributed by atoms with van der Waals surface area (Å²) < 4.78 is 20.5. The molecule has 0 spiro atoms. The maximum atomic E-state index is 11.6. The maximum absolute atomic E-state index is 11.6. The van der Waals surface area contributed by atoms with Crippen LogP contribution >= 0.6 is 31.9 Å². The Balaban J connectivity index is 3.22. The molecule has 1 aromatic carbocycles. The topological polar surface area (TPSA) is 54.0 Å². The van der Waals surface area contributed by atoms with Gasteiger partial charge in [0, 0.05) is 0 Å². The van der Waals surface area contributed by atoms with E-state index in [0.29, 0.717) is 17.2 Å². The summed E-state index contributed by atoms with van der Waals surface area (Å²) in [4.78, 5) is 10.7. The van der Waals surface area contributed by atoms with Crippen LogP contribution in [0.15, 0.2) is 12.1 Å². The van der Waals surface area contributed by atoms with Crippen LogP contribution in [0, 0.1) is 0 Å². The molecule has 1 rings (SSSR count). The average Bonchev–Trinajstić information content (AvgIpc) is 2.50. The van der Waals surface area contributed by atoms with E-state index < -0.39 is 4.83 Å². The molecule has 0 heterocycles. The molecule has 0 bridgehead atoms. The number of esters is 1. The molecule has 0 aliphatic heterocycles. The van der Waals surface area contributed by atoms with Gasteiger partial charge in [0.15, 0.2) is 11.5 Å². The van der Waals surface area contributed by atoms with Gasteiger partial charge in [-0.05, 0) is 17.7 Å². The average molecular weight is 412 g/mol. The summed E-state index contributed by atoms with van der Waals surface area (Å²) in [5.41, 5.74) is 0.798. The quantitative estimate of drug-likeness (QED) is 0.531. The van der Waals surface area contributed by atoms with E-state index in [-0.39, 0.29) is 10.8 Å². The molecule has 0 fully saturated rings. The van der Waals surface area contributed by atoms with E-state index in [9.17, 15) is 4.79 Å². The van der Waals surface area contributed by atoms with Crippen LogP contribution in [0.2, 0.25) is 0 Å². The first kappa shape index (κ1) is 17.1. The summed E-state index contributed by atoms with van der Waals surface area (Å²) in [5, 5.41) is 0. The zero-order valence-corrected chi connectivity index (χ0v) is 14.8. The van der Waals surface area contributed by atoms with Crippen molar-refractivity contribution in [3.05, 3.63) is 17.7 Å². The molecule has 0 saturated carbocycles. The predicted octanol–water partition coefficient (Wildman–Crippen LogP) is 3.08. The Morgan fingerprint density at radius 3 is 1.85 bits per heavy atom. The van der Waals surface area contributed by atoms with Gasteiger partial charge >= 0.3 is 5.97 Å². The lowest BCUT2D eigenvalue weighted by atomic mass is 10.1. The first-order valence-corrected chi connectivity index (χ1v) is 7.49. The summed E-state index contributed by atoms with van der Waals surface area (Å²) >= 11 is 6.77. The standard InChI is InChI=1S/C13H16Br2O5/c1-17-8-5-7(6-9(18-2)12(8)19-3)10(14)11(15)13(16)20-4/h5-6,10-11H,1-4H3/t10-,11-/m0/s1. The van der Waals surface area contributed by atoms with Gasteiger partial charge in [0.2, 0.25) is 5.75 Å². The van der Waals surface area contributed by atoms with Gasteiger partial charge < -0.3 is 18.9 Å². The third-order valence-electron chi connectivity index (χ3n) is 2.69. The summed E-state index contributed by atoms with van der Waals surface area (Å²) in [6.45, 7) is 0. The fourth-order valence-corrected chi connectivity index (χ4v) is 2.63. The number of methoxy groups -OCH3 is 4. The fraction of sp³-hybridized carbons (Fsp3) is 0.462. The number of carbonyl (C=O) groups is 1. The van der Waals surface area contributed by atoms with Crippen LogP contribution in [-0.2, 0) is 9.53 Å². The minimum Gasteiger partial charge on any atom is -0.493 e. The third kappa shape index (κ3) is 3.58. The van der Waals surface area contributed by atoms with Crippen molar-refractivity contribution in [2.24, 2.45) is 0 Å². The zero-order chi connectivity index (χ0) is 15.3. The van der Waals surface area contributed by atoms with E-state index in [1.54, 1.807) is 12.1 Å². The van der Waals surface area contributed by atoms with Gasteiger partial charge in [0.05, 0.1) is 33.3 Å². The number of alkyl halides is 2. The number of ether oxygens (including phenoxy) is 4. The summed E-state index contributed by atoms with van der Waals surface area (Å²) in [7, 11) is 5.95. The molecule has 0 N–H and O–H groups in total. The molecule has 0 saturated heterocycles. The minimum absolute atomic E-state index is 0.302. The van der Waals surface area contributed by atoms with Gasteiger partial charge in [-0.2, -0.15) is 0 Å². The van der Waals surface area contributed by atoms with Crippen LogP contribution in [0.3, 0.4) is 0 Å². The predicted molar refractivity (Wildman–Crippen MR) is 82.5 cm³/mol. The lowest BCUT2D eigenvalue weighted by Gasteiger charge is -2.19. The van der Waals surface area contributed by atoms with E-state index in [1.807, 2.05) is 0 Å². The van der Waals surface area contributed by atoms with E-state index >= 15 is 0 Å². The first-order valence-electron chi connectivity index (χ1n) is 5.66. The largest absolute Gasteiger partial charge is 0.493 e. The Labute approximate surface area is 134 Å². The Hall–Kier alpha value is -0.950. The van der Waals surface area contributed by atoms with Crippen LogP contribution < -0.4 is 14.2 Å². The van der Waals surface area contributed by atoms with E-state index in [1.165, 1.54) is 28.4 Å². The van der Waals surface area contributed by atoms with Crippen molar-refractivity contribution in [2.75, 3.05) is 28.4 Å². The first-order chi connectivity index (χ1) is 9.49. The van der Waals surface area contributed by atoms with Crippen molar-refractivity contribution in [1.29, 1.82) is 0 Å². The van der Waals surface area contributed by atoms with Crippen LogP contribution in [0.25, 0.3) is 0 Å². The van der Waals surface area contributed by atoms with Crippen LogP contribution in [0.4, 0.5) is 0 Å². The van der Waals surface area contributed by atoms with Crippen molar-refractivity contribution in [1.82, 2.24) is 0 Å². The number of carbonyl (C=O) groups excluding carboxylic acids is 1. The van der Waals surface area contributed by atoms with Crippen LogP contribution in [0.1, 0.15) is 10.4 Å². The molecular formula is C13H16Br2O5. The molecule has 0 aliphatic carbocycles. The molecule has 0 radical (unpaired) electrons. The second kappa shape index (κ2) is 7.73. The highest BCUT2D eigenvalue weighted by Crippen LogP contribution is 2.43. The Morgan fingerprint density at radius 2 is 1.50 bits per heavy atom. The zero-order valence-electron chi connectivity index (χ0n) is 11.6. The Kier molecular flexibility index (Phi) is 6.61. The summed E-state index contributed by atoms with van der Waals surface area (Å²) in [6.07, 6.45) is 0. The normalized spacial score (nSPS) is 13.3. The molecule has 0 aromatic heterocycles. The number of rotatable bonds is 6. The van der Waals surface area contributed by atoms with E-state index in [0.717, 1.165) is 5.56 Å². The van der Waals surface area contributed by atoms with Crippen LogP contribution in [0.5, 0.6) is 17.2 Å². The summed E-state index contributed by atoms with van der Waals surface area (Å²) in [5.74, 6) is 1.18. The van der Waals surface area contributed by atoms with Gasteiger partial charge in [0.25, 0.3) is 0 Å². The number of halogens is 2. The number of hydrogen-bond donors (Lipinski definition) is 0. The minimum atomic E-state index is -0.532. The molecule has 20 heavy (non-hydrogen) atoms. The molecule has 7 heteroatoms. The highest BCUT2D eigenvalue weighted by molar-refractivity contribution is 9.12. The van der Waals surface area contributed by atoms with Gasteiger partial charge in [-0.25, -0.2) is 0 Å². The molecular weight excluding hydrogens is 396 g/mol. The molecule has 0 unspecified atom stereocenters. The van der Waals surface area contributed by atoms with Gasteiger partial charge in [-0.3, -0.25) is 4.79 Å². The SMILES string of the molecule is COC(=O)[C@@H](Br)[C@@H](Br)c1cc(OC)c(OC)c(OC)c1. The Morgan fingerprint density at radius 1 is 1.00 bits per heavy atom. The summed E-state index contributed by atoms with van der Waals surface area (Å²) in [6, 6.07) is 3.55. The lowest BCUT2D eigenvalue weighted by molar-refractivity contribution is -0.139. The van der Waals surface area contributed by atoms with Crippen molar-refractivity contribution in [3.8, 4) is 17.2 Å². The monoisotopic (exact) mass is 410 g/mol. The van der Waals surface area contributed by atoms with Crippen molar-refractivity contribution in [3.63, 3.8) is 0 Å². The fourth-order valence-electron chi connectivity index (χ4n) is 1.66. The van der Waals surface area contributed by atoms with Crippen molar-refractivity contribution in [2.45, 2.75) is 9.65 Å². The molecule has 0 amide bonds. The second-order valence-electron chi connectivity index (χ2n) is 3.79. The van der Waals surface area contributed by atoms with E-state index in [2.05, 4.69) is 31.9 Å². The lowest BCUT2D eigenvalue weighted by Crippen LogP contribution is -2.20. The van der Waals surface area contributed by atoms with Crippen molar-refractivity contribution < 1.29 is 23.7 Å². The third-order valence-corrected chi connectivity index (χ3v) is 5.36. The van der Waals surface area contributed by atoms with Crippen LogP contribution in [-0.4, -0.2) is 39.2 Å². The Bertz CT molecular complexity index is 453. The number of benzene rings is 1. The van der Waals surface area contributed by atoms with Crippen molar-refractivity contribution >= 4 is 37.8 Å². The number of hydrogen-bond acceptors (Lipinski definition) is 5. The molecule has 1 aromatic rings. The molecule has 0 aliphatic rings. The second-order valence-corrected chi connectivity index (χ2v) is 5.76. The smallest absolute Gasteiger partial charge is 0.320 e. The highest BCUT2D eigenvalue weighted by Gasteiger charge is 2.28. The van der Waals surface area contributed by atoms with Gasteiger partial charge in [0.1, 0.15) is 4.83 Å².